The quantitative estimate of drug-likeness (QED) is 0.839. The summed E-state index contributed by atoms with van der Waals surface area (Å²) in [5, 5.41) is 9.11. The Hall–Kier alpha value is -0.910. The molecular weight excluding hydrogens is 224 g/mol. The molecule has 2 N–H and O–H groups in total. The van der Waals surface area contributed by atoms with Gasteiger partial charge in [-0.05, 0) is 23.9 Å². The van der Waals surface area contributed by atoms with Gasteiger partial charge in [-0.3, -0.25) is 4.79 Å². The van der Waals surface area contributed by atoms with Crippen molar-refractivity contribution < 1.29 is 9.53 Å². The highest BCUT2D eigenvalue weighted by Gasteiger charge is 2.17. The van der Waals surface area contributed by atoms with E-state index in [0.29, 0.717) is 13.0 Å². The Morgan fingerprint density at radius 2 is 2.62 bits per heavy atom. The molecule has 0 spiro atoms. The van der Waals surface area contributed by atoms with Crippen molar-refractivity contribution in [3.8, 4) is 0 Å². The maximum absolute atomic E-state index is 11.7. The number of carbonyl (C=O) groups is 1. The average Bonchev–Trinajstić information content (AvgIpc) is 2.66. The molecule has 0 radical (unpaired) electrons. The van der Waals surface area contributed by atoms with E-state index >= 15 is 0 Å². The van der Waals surface area contributed by atoms with Gasteiger partial charge in [-0.25, -0.2) is 0 Å². The molecule has 88 valence electrons. The van der Waals surface area contributed by atoms with Crippen molar-refractivity contribution in [1.82, 2.24) is 5.32 Å². The van der Waals surface area contributed by atoms with Gasteiger partial charge < -0.3 is 15.4 Å². The molecule has 5 heteroatoms. The molecule has 0 aromatic carbocycles. The van der Waals surface area contributed by atoms with Crippen LogP contribution in [0.15, 0.2) is 11.4 Å². The minimum absolute atomic E-state index is 0.0496. The van der Waals surface area contributed by atoms with Crippen molar-refractivity contribution in [2.45, 2.75) is 19.4 Å². The number of carbonyl (C=O) groups excluding carboxylic acids is 1. The first-order valence-electron chi connectivity index (χ1n) is 5.41. The van der Waals surface area contributed by atoms with Crippen molar-refractivity contribution in [1.29, 1.82) is 0 Å². The molecule has 2 rings (SSSR count). The molecule has 1 aromatic rings. The molecule has 1 aromatic heterocycles. The Labute approximate surface area is 99.0 Å². The number of anilines is 1. The largest absolute Gasteiger partial charge is 0.378 e. The zero-order valence-electron chi connectivity index (χ0n) is 9.29. The van der Waals surface area contributed by atoms with Gasteiger partial charge in [-0.1, -0.05) is 0 Å². The van der Waals surface area contributed by atoms with E-state index < -0.39 is 0 Å². The van der Waals surface area contributed by atoms with E-state index in [9.17, 15) is 4.79 Å². The molecule has 0 saturated carbocycles. The van der Waals surface area contributed by atoms with E-state index in [4.69, 9.17) is 4.74 Å². The van der Waals surface area contributed by atoms with Crippen molar-refractivity contribution >= 4 is 22.2 Å². The number of hydrogen-bond donors (Lipinski definition) is 2. The molecule has 2 heterocycles. The molecule has 0 bridgehead atoms. The molecule has 1 aliphatic heterocycles. The van der Waals surface area contributed by atoms with Crippen LogP contribution in [-0.4, -0.2) is 31.7 Å². The lowest BCUT2D eigenvalue weighted by Crippen LogP contribution is -2.43. The van der Waals surface area contributed by atoms with Crippen LogP contribution in [0.1, 0.15) is 12.0 Å². The first-order valence-corrected chi connectivity index (χ1v) is 6.29. The van der Waals surface area contributed by atoms with Gasteiger partial charge in [0.1, 0.15) is 0 Å². The maximum Gasteiger partial charge on any atom is 0.226 e. The molecule has 1 fully saturated rings. The number of amides is 1. The molecule has 4 nitrogen and oxygen atoms in total. The summed E-state index contributed by atoms with van der Waals surface area (Å²) in [5.74, 6) is 0.0496. The molecule has 1 unspecified atom stereocenters. The summed E-state index contributed by atoms with van der Waals surface area (Å²) in [4.78, 5) is 11.7. The van der Waals surface area contributed by atoms with E-state index in [1.807, 2.05) is 18.4 Å². The zero-order valence-corrected chi connectivity index (χ0v) is 10.1. The van der Waals surface area contributed by atoms with Crippen LogP contribution in [0.25, 0.3) is 0 Å². The van der Waals surface area contributed by atoms with Gasteiger partial charge in [-0.15, -0.1) is 11.3 Å². The zero-order chi connectivity index (χ0) is 11.4. The lowest BCUT2D eigenvalue weighted by molar-refractivity contribution is -0.117. The van der Waals surface area contributed by atoms with Gasteiger partial charge in [0.05, 0.1) is 18.2 Å². The third-order valence-corrected chi connectivity index (χ3v) is 3.48. The number of nitrogens with one attached hydrogen (secondary N) is 2. The van der Waals surface area contributed by atoms with Gasteiger partial charge in [0.15, 0.2) is 0 Å². The normalized spacial score (nSPS) is 20.7. The third kappa shape index (κ3) is 3.04. The Kier molecular flexibility index (Phi) is 3.93. The smallest absolute Gasteiger partial charge is 0.226 e. The summed E-state index contributed by atoms with van der Waals surface area (Å²) in [7, 11) is 0. The molecule has 1 saturated heterocycles. The second-order valence-electron chi connectivity index (χ2n) is 3.91. The minimum atomic E-state index is 0.0496. The minimum Gasteiger partial charge on any atom is -0.378 e. The van der Waals surface area contributed by atoms with E-state index in [0.717, 1.165) is 23.7 Å². The molecule has 1 atom stereocenters. The van der Waals surface area contributed by atoms with Crippen LogP contribution in [0, 0.1) is 6.92 Å². The molecule has 1 amide bonds. The van der Waals surface area contributed by atoms with E-state index in [2.05, 4.69) is 10.6 Å². The summed E-state index contributed by atoms with van der Waals surface area (Å²) < 4.78 is 5.30. The highest BCUT2D eigenvalue weighted by atomic mass is 32.1. The van der Waals surface area contributed by atoms with Gasteiger partial charge >= 0.3 is 0 Å². The summed E-state index contributed by atoms with van der Waals surface area (Å²) >= 11 is 1.56. The van der Waals surface area contributed by atoms with Crippen LogP contribution in [0.5, 0.6) is 0 Å². The lowest BCUT2D eigenvalue weighted by atomic mass is 10.2. The fourth-order valence-corrected chi connectivity index (χ4v) is 2.49. The van der Waals surface area contributed by atoms with Crippen LogP contribution >= 0.6 is 11.3 Å². The number of thiophene rings is 1. The van der Waals surface area contributed by atoms with E-state index in [1.54, 1.807) is 11.3 Å². The third-order valence-electron chi connectivity index (χ3n) is 2.55. The van der Waals surface area contributed by atoms with Crippen molar-refractivity contribution in [2.24, 2.45) is 0 Å². The number of ether oxygens (including phenoxy) is 1. The summed E-state index contributed by atoms with van der Waals surface area (Å²) in [6.45, 7) is 4.18. The molecule has 0 aliphatic carbocycles. The highest BCUT2D eigenvalue weighted by Crippen LogP contribution is 2.22. The number of hydrogen-bond acceptors (Lipinski definition) is 4. The van der Waals surface area contributed by atoms with Crippen molar-refractivity contribution in [3.05, 3.63) is 17.0 Å². The first kappa shape index (κ1) is 11.6. The number of aryl methyl sites for hydroxylation is 1. The second kappa shape index (κ2) is 5.43. The molecule has 1 aliphatic rings. The standard InChI is InChI=1S/C11H16N2O2S/c1-8-2-5-16-11(8)13-10(14)6-9-7-15-4-3-12-9/h2,5,9,12H,3-4,6-7H2,1H3,(H,13,14). The van der Waals surface area contributed by atoms with Crippen LogP contribution in [0.2, 0.25) is 0 Å². The fourth-order valence-electron chi connectivity index (χ4n) is 1.65. The van der Waals surface area contributed by atoms with E-state index in [-0.39, 0.29) is 11.9 Å². The van der Waals surface area contributed by atoms with Gasteiger partial charge in [0, 0.05) is 19.0 Å². The molecular formula is C11H16N2O2S. The van der Waals surface area contributed by atoms with E-state index in [1.165, 1.54) is 0 Å². The SMILES string of the molecule is Cc1ccsc1NC(=O)CC1COCCN1. The monoisotopic (exact) mass is 240 g/mol. The Morgan fingerprint density at radius 3 is 3.25 bits per heavy atom. The van der Waals surface area contributed by atoms with Gasteiger partial charge in [0.2, 0.25) is 5.91 Å². The summed E-state index contributed by atoms with van der Waals surface area (Å²) in [6, 6.07) is 2.15. The van der Waals surface area contributed by atoms with Gasteiger partial charge in [0.25, 0.3) is 0 Å². The lowest BCUT2D eigenvalue weighted by Gasteiger charge is -2.23. The van der Waals surface area contributed by atoms with Crippen LogP contribution < -0.4 is 10.6 Å². The topological polar surface area (TPSA) is 50.4 Å². The van der Waals surface area contributed by atoms with Crippen molar-refractivity contribution in [3.63, 3.8) is 0 Å². The predicted octanol–water partition coefficient (Wildman–Crippen LogP) is 1.37. The molecule has 16 heavy (non-hydrogen) atoms. The summed E-state index contributed by atoms with van der Waals surface area (Å²) in [6.07, 6.45) is 0.470. The highest BCUT2D eigenvalue weighted by molar-refractivity contribution is 7.14. The Morgan fingerprint density at radius 1 is 1.75 bits per heavy atom. The number of rotatable bonds is 3. The maximum atomic E-state index is 11.7. The van der Waals surface area contributed by atoms with Gasteiger partial charge in [-0.2, -0.15) is 0 Å². The fraction of sp³-hybridized carbons (Fsp3) is 0.545. The van der Waals surface area contributed by atoms with Crippen molar-refractivity contribution in [2.75, 3.05) is 25.1 Å². The second-order valence-corrected chi connectivity index (χ2v) is 4.83. The Bertz CT molecular complexity index is 359. The van der Waals surface area contributed by atoms with Crippen LogP contribution in [-0.2, 0) is 9.53 Å². The predicted molar refractivity (Wildman–Crippen MR) is 64.9 cm³/mol. The van der Waals surface area contributed by atoms with Crippen LogP contribution in [0.3, 0.4) is 0 Å². The summed E-state index contributed by atoms with van der Waals surface area (Å²) in [5.41, 5.74) is 1.12. The average molecular weight is 240 g/mol. The first-order chi connectivity index (χ1) is 7.75. The Balaban J connectivity index is 1.82. The number of morpholine rings is 1. The van der Waals surface area contributed by atoms with Crippen LogP contribution in [0.4, 0.5) is 5.00 Å².